The van der Waals surface area contributed by atoms with Crippen LogP contribution in [0.25, 0.3) is 91.5 Å². The van der Waals surface area contributed by atoms with E-state index < -0.39 is 0 Å². The second kappa shape index (κ2) is 9.90. The number of para-hydroxylation sites is 1. The Morgan fingerprint density at radius 3 is 1.54 bits per heavy atom. The van der Waals surface area contributed by atoms with Crippen LogP contribution >= 0.6 is 11.3 Å². The van der Waals surface area contributed by atoms with Crippen LogP contribution in [0.15, 0.2) is 164 Å². The van der Waals surface area contributed by atoms with E-state index in [0.717, 1.165) is 0 Å². The fourth-order valence-electron chi connectivity index (χ4n) is 7.60. The monoisotopic (exact) mass is 601 g/mol. The fraction of sp³-hybridized carbons (Fsp3) is 0. The third-order valence-corrected chi connectivity index (χ3v) is 10.7. The van der Waals surface area contributed by atoms with Gasteiger partial charge < -0.3 is 4.57 Å². The van der Waals surface area contributed by atoms with Gasteiger partial charge in [-0.2, -0.15) is 0 Å². The van der Waals surface area contributed by atoms with Crippen molar-refractivity contribution in [3.05, 3.63) is 164 Å². The highest BCUT2D eigenvalue weighted by molar-refractivity contribution is 7.25. The largest absolute Gasteiger partial charge is 0.309 e. The molecule has 2 heteroatoms. The molecule has 8 aromatic carbocycles. The van der Waals surface area contributed by atoms with E-state index >= 15 is 0 Å². The van der Waals surface area contributed by atoms with Gasteiger partial charge in [-0.25, -0.2) is 0 Å². The Morgan fingerprint density at radius 2 is 0.870 bits per heavy atom. The summed E-state index contributed by atoms with van der Waals surface area (Å²) in [6, 6.07) is 60.2. The number of nitrogens with zero attached hydrogens (tertiary/aromatic N) is 1. The summed E-state index contributed by atoms with van der Waals surface area (Å²) in [4.78, 5) is 0. The van der Waals surface area contributed by atoms with Crippen LogP contribution in [-0.2, 0) is 0 Å². The van der Waals surface area contributed by atoms with Crippen LogP contribution in [0.3, 0.4) is 0 Å². The fourth-order valence-corrected chi connectivity index (χ4v) is 8.73. The van der Waals surface area contributed by atoms with Gasteiger partial charge in [0.2, 0.25) is 0 Å². The number of hydrogen-bond donors (Lipinski definition) is 0. The van der Waals surface area contributed by atoms with Crippen molar-refractivity contribution in [2.45, 2.75) is 0 Å². The second-order valence-corrected chi connectivity index (χ2v) is 13.2. The predicted molar refractivity (Wildman–Crippen MR) is 200 cm³/mol. The number of thiophene rings is 1. The molecule has 2 heterocycles. The van der Waals surface area contributed by atoms with E-state index in [1.165, 1.54) is 91.5 Å². The summed E-state index contributed by atoms with van der Waals surface area (Å²) in [7, 11) is 0. The molecule has 46 heavy (non-hydrogen) atoms. The van der Waals surface area contributed by atoms with E-state index in [2.05, 4.69) is 168 Å². The molecule has 0 unspecified atom stereocenters. The Balaban J connectivity index is 1.33. The van der Waals surface area contributed by atoms with Gasteiger partial charge in [0, 0.05) is 36.6 Å². The molecular weight excluding hydrogens is 575 g/mol. The highest BCUT2D eigenvalue weighted by Crippen LogP contribution is 2.46. The van der Waals surface area contributed by atoms with E-state index in [9.17, 15) is 0 Å². The summed E-state index contributed by atoms with van der Waals surface area (Å²) in [6.07, 6.45) is 0. The van der Waals surface area contributed by atoms with E-state index in [1.54, 1.807) is 0 Å². The molecule has 1 nitrogen and oxygen atoms in total. The van der Waals surface area contributed by atoms with E-state index in [1.807, 2.05) is 11.3 Å². The molecule has 2 aromatic heterocycles. The first-order valence-electron chi connectivity index (χ1n) is 15.8. The van der Waals surface area contributed by atoms with E-state index in [0.29, 0.717) is 0 Å². The zero-order valence-corrected chi connectivity index (χ0v) is 25.8. The number of fused-ring (bicyclic) bond motifs is 8. The lowest BCUT2D eigenvalue weighted by Crippen LogP contribution is -1.93. The summed E-state index contributed by atoms with van der Waals surface area (Å²) in [5.74, 6) is 0. The van der Waals surface area contributed by atoms with Crippen molar-refractivity contribution in [2.75, 3.05) is 0 Å². The van der Waals surface area contributed by atoms with Crippen molar-refractivity contribution in [3.63, 3.8) is 0 Å². The summed E-state index contributed by atoms with van der Waals surface area (Å²) in [5, 5.41) is 10.3. The molecule has 0 spiro atoms. The maximum atomic E-state index is 2.44. The van der Waals surface area contributed by atoms with Gasteiger partial charge in [0.25, 0.3) is 0 Å². The topological polar surface area (TPSA) is 4.93 Å². The van der Waals surface area contributed by atoms with Gasteiger partial charge in [-0.05, 0) is 86.3 Å². The maximum Gasteiger partial charge on any atom is 0.0548 e. The van der Waals surface area contributed by atoms with Gasteiger partial charge in [-0.1, -0.05) is 121 Å². The number of rotatable bonds is 3. The Hall–Kier alpha value is -5.70. The van der Waals surface area contributed by atoms with Crippen LogP contribution in [0, 0.1) is 0 Å². The summed E-state index contributed by atoms with van der Waals surface area (Å²) in [5.41, 5.74) is 8.71. The quantitative estimate of drug-likeness (QED) is 0.178. The predicted octanol–water partition coefficient (Wildman–Crippen LogP) is 12.8. The third kappa shape index (κ3) is 3.68. The lowest BCUT2D eigenvalue weighted by atomic mass is 9.86. The third-order valence-electron chi connectivity index (χ3n) is 9.56. The van der Waals surface area contributed by atoms with Crippen molar-refractivity contribution in [2.24, 2.45) is 0 Å². The van der Waals surface area contributed by atoms with Gasteiger partial charge in [-0.3, -0.25) is 0 Å². The Morgan fingerprint density at radius 1 is 0.326 bits per heavy atom. The molecular formula is C44H27NS. The highest BCUT2D eigenvalue weighted by atomic mass is 32.1. The van der Waals surface area contributed by atoms with Gasteiger partial charge in [0.15, 0.2) is 0 Å². The van der Waals surface area contributed by atoms with Crippen LogP contribution < -0.4 is 0 Å². The molecule has 10 rings (SSSR count). The number of aromatic nitrogens is 1. The average Bonchev–Trinajstić information content (AvgIpc) is 3.64. The molecule has 0 N–H and O–H groups in total. The van der Waals surface area contributed by atoms with Gasteiger partial charge in [-0.15, -0.1) is 11.3 Å². The molecule has 10 aromatic rings. The van der Waals surface area contributed by atoms with Crippen molar-refractivity contribution < 1.29 is 0 Å². The average molecular weight is 602 g/mol. The summed E-state index contributed by atoms with van der Waals surface area (Å²) >= 11 is 1.88. The number of benzene rings is 8. The van der Waals surface area contributed by atoms with Gasteiger partial charge in [0.05, 0.1) is 11.0 Å². The normalized spacial score (nSPS) is 11.9. The molecule has 0 saturated carbocycles. The van der Waals surface area contributed by atoms with E-state index in [-0.39, 0.29) is 0 Å². The van der Waals surface area contributed by atoms with Gasteiger partial charge in [0.1, 0.15) is 0 Å². The Labute approximate surface area is 270 Å². The minimum atomic E-state index is 1.18. The molecule has 0 amide bonds. The minimum absolute atomic E-state index is 1.18. The summed E-state index contributed by atoms with van der Waals surface area (Å²) < 4.78 is 5.10. The zero-order chi connectivity index (χ0) is 30.2. The second-order valence-electron chi connectivity index (χ2n) is 12.1. The van der Waals surface area contributed by atoms with Crippen LogP contribution in [0.1, 0.15) is 0 Å². The number of hydrogen-bond acceptors (Lipinski definition) is 1. The smallest absolute Gasteiger partial charge is 0.0548 e. The maximum absolute atomic E-state index is 2.44. The highest BCUT2D eigenvalue weighted by Gasteiger charge is 2.19. The van der Waals surface area contributed by atoms with Crippen molar-refractivity contribution in [1.29, 1.82) is 0 Å². The minimum Gasteiger partial charge on any atom is -0.309 e. The van der Waals surface area contributed by atoms with Crippen LogP contribution in [0.4, 0.5) is 0 Å². The standard InChI is InChI=1S/C44H27NS/c1-3-13-28(14-4-1)43-32-18-7-9-20-34(32)44(35-21-10-8-19-33(35)43)29-23-24-39-36(25-29)37-27-42-38(31-17-11-12-22-41(31)46-42)26-40(37)45(39)30-15-5-2-6-16-30/h1-27H. The lowest BCUT2D eigenvalue weighted by molar-refractivity contribution is 1.18. The zero-order valence-electron chi connectivity index (χ0n) is 24.9. The van der Waals surface area contributed by atoms with Crippen molar-refractivity contribution >= 4 is 74.9 Å². The first-order chi connectivity index (χ1) is 22.8. The molecule has 0 aliphatic heterocycles. The Kier molecular flexibility index (Phi) is 5.51. The molecule has 214 valence electrons. The molecule has 0 saturated heterocycles. The van der Waals surface area contributed by atoms with Crippen LogP contribution in [-0.4, -0.2) is 4.57 Å². The summed E-state index contributed by atoms with van der Waals surface area (Å²) in [6.45, 7) is 0. The van der Waals surface area contributed by atoms with Crippen LogP contribution in [0.2, 0.25) is 0 Å². The molecule has 0 aliphatic carbocycles. The SMILES string of the molecule is c1ccc(-c2c3ccccc3c(-c3ccc4c(c3)c3cc5sc6ccccc6c5cc3n4-c3ccccc3)c3ccccc23)cc1. The van der Waals surface area contributed by atoms with Crippen molar-refractivity contribution in [3.8, 4) is 27.9 Å². The van der Waals surface area contributed by atoms with Gasteiger partial charge >= 0.3 is 0 Å². The molecule has 0 radical (unpaired) electrons. The van der Waals surface area contributed by atoms with Crippen molar-refractivity contribution in [1.82, 2.24) is 4.57 Å². The van der Waals surface area contributed by atoms with E-state index in [4.69, 9.17) is 0 Å². The lowest BCUT2D eigenvalue weighted by Gasteiger charge is -2.18. The first kappa shape index (κ1) is 25.6. The molecule has 0 aliphatic rings. The molecule has 0 bridgehead atoms. The molecule has 0 fully saturated rings. The Bertz CT molecular complexity index is 2730. The molecule has 0 atom stereocenters. The van der Waals surface area contributed by atoms with Crippen LogP contribution in [0.5, 0.6) is 0 Å². The first-order valence-corrected chi connectivity index (χ1v) is 16.6.